The van der Waals surface area contributed by atoms with Crippen molar-refractivity contribution in [2.75, 3.05) is 9.80 Å². The van der Waals surface area contributed by atoms with Gasteiger partial charge in [0.25, 0.3) is 0 Å². The number of para-hydroxylation sites is 4. The third kappa shape index (κ3) is 4.50. The maximum absolute atomic E-state index is 2.44. The highest BCUT2D eigenvalue weighted by molar-refractivity contribution is 6.40. The fourth-order valence-corrected chi connectivity index (χ4v) is 9.43. The van der Waals surface area contributed by atoms with E-state index in [1.807, 2.05) is 0 Å². The lowest BCUT2D eigenvalue weighted by molar-refractivity contribution is 1.28. The van der Waals surface area contributed by atoms with E-state index in [0.29, 0.717) is 0 Å². The lowest BCUT2D eigenvalue weighted by Crippen LogP contribution is -2.11. The van der Waals surface area contributed by atoms with E-state index in [4.69, 9.17) is 0 Å². The molecule has 2 heterocycles. The molecule has 0 unspecified atom stereocenters. The Bertz CT molecular complexity index is 3010. The van der Waals surface area contributed by atoms with Crippen molar-refractivity contribution in [3.05, 3.63) is 204 Å². The third-order valence-electron chi connectivity index (χ3n) is 11.9. The lowest BCUT2D eigenvalue weighted by Gasteiger charge is -2.28. The van der Waals surface area contributed by atoms with E-state index in [9.17, 15) is 0 Å². The van der Waals surface area contributed by atoms with Gasteiger partial charge in [-0.25, -0.2) is 0 Å². The van der Waals surface area contributed by atoms with Gasteiger partial charge in [-0.1, -0.05) is 158 Å². The van der Waals surface area contributed by atoms with Crippen LogP contribution in [0.15, 0.2) is 182 Å². The summed E-state index contributed by atoms with van der Waals surface area (Å²) in [6.07, 6.45) is 8.97. The van der Waals surface area contributed by atoms with Crippen molar-refractivity contribution in [1.82, 2.24) is 0 Å². The maximum Gasteiger partial charge on any atom is 0.0534 e. The molecule has 0 atom stereocenters. The molecule has 2 nitrogen and oxygen atoms in total. The van der Waals surface area contributed by atoms with Crippen LogP contribution in [0.4, 0.5) is 34.1 Å². The molecule has 10 aromatic carbocycles. The summed E-state index contributed by atoms with van der Waals surface area (Å²) in [5.74, 6) is 0. The molecule has 12 rings (SSSR count). The van der Waals surface area contributed by atoms with Gasteiger partial charge < -0.3 is 9.80 Å². The minimum absolute atomic E-state index is 1.14. The van der Waals surface area contributed by atoms with Crippen LogP contribution in [0.1, 0.15) is 22.3 Å². The minimum atomic E-state index is 1.14. The highest BCUT2D eigenvalue weighted by Crippen LogP contribution is 2.49. The molecule has 0 bridgehead atoms. The predicted molar refractivity (Wildman–Crippen MR) is 241 cm³/mol. The van der Waals surface area contributed by atoms with Crippen molar-refractivity contribution in [3.8, 4) is 0 Å². The number of hydrogen-bond acceptors (Lipinski definition) is 2. The number of fused-ring (bicyclic) bond motifs is 15. The van der Waals surface area contributed by atoms with Gasteiger partial charge in [-0.2, -0.15) is 0 Å². The number of hydrogen-bond donors (Lipinski definition) is 0. The number of benzene rings is 10. The van der Waals surface area contributed by atoms with Crippen LogP contribution in [0.3, 0.4) is 0 Å². The Morgan fingerprint density at radius 1 is 0.232 bits per heavy atom. The van der Waals surface area contributed by atoms with Crippen molar-refractivity contribution < 1.29 is 0 Å². The topological polar surface area (TPSA) is 6.48 Å². The number of anilines is 6. The van der Waals surface area contributed by atoms with Gasteiger partial charge in [-0.3, -0.25) is 0 Å². The summed E-state index contributed by atoms with van der Waals surface area (Å²) >= 11 is 0. The Labute approximate surface area is 325 Å². The Hall–Kier alpha value is -7.42. The maximum atomic E-state index is 2.44. The first-order valence-electron chi connectivity index (χ1n) is 19.4. The zero-order chi connectivity index (χ0) is 36.7. The fraction of sp³-hybridized carbons (Fsp3) is 0. The van der Waals surface area contributed by atoms with Gasteiger partial charge in [0.05, 0.1) is 22.7 Å². The normalized spacial score (nSPS) is 13.1. The van der Waals surface area contributed by atoms with Gasteiger partial charge in [0.15, 0.2) is 0 Å². The quantitative estimate of drug-likeness (QED) is 0.165. The van der Waals surface area contributed by atoms with E-state index in [0.717, 1.165) is 11.4 Å². The first-order valence-corrected chi connectivity index (χ1v) is 19.4. The van der Waals surface area contributed by atoms with Crippen molar-refractivity contribution >= 4 is 112 Å². The van der Waals surface area contributed by atoms with Crippen LogP contribution in [0.2, 0.25) is 0 Å². The molecular weight excluding hydrogens is 677 g/mol. The molecule has 0 N–H and O–H groups in total. The fourth-order valence-electron chi connectivity index (χ4n) is 9.43. The largest absolute Gasteiger partial charge is 0.309 e. The van der Waals surface area contributed by atoms with Crippen LogP contribution in [0.5, 0.6) is 0 Å². The molecule has 0 spiro atoms. The zero-order valence-electron chi connectivity index (χ0n) is 30.5. The standard InChI is InChI=1S/C54H34N2/c1-9-21-49-35(13-1)25-26-36-14-2-10-22-50(36)55(49)39-29-31-43-41-17-5-8-20-46(41)54-48-34-40(30-32-44(48)42-18-6-7-19-45(42)53(54)47(43)33-39)56-51-23-11-3-15-37(51)27-28-38-16-4-12-24-52(38)56/h1-34H. The van der Waals surface area contributed by atoms with Crippen LogP contribution in [-0.4, -0.2) is 0 Å². The van der Waals surface area contributed by atoms with Gasteiger partial charge in [0.1, 0.15) is 0 Å². The zero-order valence-corrected chi connectivity index (χ0v) is 30.5. The molecule has 0 amide bonds. The van der Waals surface area contributed by atoms with Crippen LogP contribution in [-0.2, 0) is 0 Å². The third-order valence-corrected chi connectivity index (χ3v) is 11.9. The highest BCUT2D eigenvalue weighted by Gasteiger charge is 2.24. The second-order valence-corrected chi connectivity index (χ2v) is 14.9. The van der Waals surface area contributed by atoms with Crippen molar-refractivity contribution in [2.24, 2.45) is 0 Å². The van der Waals surface area contributed by atoms with Gasteiger partial charge in [-0.05, 0) is 125 Å². The molecule has 10 aromatic rings. The summed E-state index contributed by atoms with van der Waals surface area (Å²) in [5, 5.41) is 12.6. The first-order chi connectivity index (χ1) is 27.8. The molecule has 0 saturated carbocycles. The summed E-state index contributed by atoms with van der Waals surface area (Å²) in [5.41, 5.74) is 11.8. The van der Waals surface area contributed by atoms with Crippen LogP contribution in [0.25, 0.3) is 78.2 Å². The SMILES string of the molecule is C1=Cc2ccccc2N(c2ccc3c4ccccc4c4c5cc(N6c7ccccc7C=Cc7ccccc76)ccc5c5ccccc5c4c3c2)c2ccccc21. The molecule has 260 valence electrons. The summed E-state index contributed by atoms with van der Waals surface area (Å²) in [6.45, 7) is 0. The van der Waals surface area contributed by atoms with Crippen LogP contribution < -0.4 is 9.80 Å². The number of rotatable bonds is 2. The second kappa shape index (κ2) is 12.0. The number of nitrogens with zero attached hydrogens (tertiary/aromatic N) is 2. The summed E-state index contributed by atoms with van der Waals surface area (Å²) in [7, 11) is 0. The van der Waals surface area contributed by atoms with Crippen molar-refractivity contribution in [1.29, 1.82) is 0 Å². The second-order valence-electron chi connectivity index (χ2n) is 14.9. The average molecular weight is 711 g/mol. The van der Waals surface area contributed by atoms with Gasteiger partial charge in [0.2, 0.25) is 0 Å². The van der Waals surface area contributed by atoms with Crippen molar-refractivity contribution in [3.63, 3.8) is 0 Å². The van der Waals surface area contributed by atoms with Gasteiger partial charge in [0, 0.05) is 11.4 Å². The van der Waals surface area contributed by atoms with E-state index in [1.165, 1.54) is 98.9 Å². The van der Waals surface area contributed by atoms with E-state index < -0.39 is 0 Å². The molecule has 0 aromatic heterocycles. The highest BCUT2D eigenvalue weighted by atomic mass is 15.2. The van der Waals surface area contributed by atoms with Crippen LogP contribution in [0, 0.1) is 0 Å². The van der Waals surface area contributed by atoms with Crippen LogP contribution >= 0.6 is 0 Å². The molecule has 2 aliphatic rings. The Morgan fingerprint density at radius 3 is 0.875 bits per heavy atom. The molecular formula is C54H34N2. The Kier molecular flexibility index (Phi) is 6.66. The smallest absolute Gasteiger partial charge is 0.0534 e. The van der Waals surface area contributed by atoms with E-state index in [1.54, 1.807) is 0 Å². The summed E-state index contributed by atoms with van der Waals surface area (Å²) in [4.78, 5) is 4.88. The molecule has 0 radical (unpaired) electrons. The first kappa shape index (κ1) is 31.0. The van der Waals surface area contributed by atoms with E-state index >= 15 is 0 Å². The molecule has 0 aliphatic carbocycles. The van der Waals surface area contributed by atoms with Crippen molar-refractivity contribution in [2.45, 2.75) is 0 Å². The average Bonchev–Trinajstić information content (AvgIpc) is 3.54. The molecule has 56 heavy (non-hydrogen) atoms. The molecule has 2 aliphatic heterocycles. The Morgan fingerprint density at radius 2 is 0.518 bits per heavy atom. The minimum Gasteiger partial charge on any atom is -0.309 e. The van der Waals surface area contributed by atoms with E-state index in [-0.39, 0.29) is 0 Å². The van der Waals surface area contributed by atoms with E-state index in [2.05, 4.69) is 216 Å². The summed E-state index contributed by atoms with van der Waals surface area (Å²) in [6, 6.07) is 67.1. The molecule has 0 fully saturated rings. The van der Waals surface area contributed by atoms with Gasteiger partial charge >= 0.3 is 0 Å². The van der Waals surface area contributed by atoms with Gasteiger partial charge in [-0.15, -0.1) is 0 Å². The summed E-state index contributed by atoms with van der Waals surface area (Å²) < 4.78 is 0. The lowest BCUT2D eigenvalue weighted by atomic mass is 9.86. The Balaban J connectivity index is 1.21. The predicted octanol–water partition coefficient (Wildman–Crippen LogP) is 15.4. The molecule has 0 saturated heterocycles. The molecule has 2 heteroatoms. The monoisotopic (exact) mass is 710 g/mol.